The fourth-order valence-electron chi connectivity index (χ4n) is 5.78. The molecule has 1 N–H and O–H groups in total. The van der Waals surface area contributed by atoms with Gasteiger partial charge in [-0.2, -0.15) is 0 Å². The predicted molar refractivity (Wildman–Crippen MR) is 123 cm³/mol. The molecule has 0 spiro atoms. The van der Waals surface area contributed by atoms with E-state index in [1.54, 1.807) is 0 Å². The number of rotatable bonds is 5. The zero-order valence-corrected chi connectivity index (χ0v) is 18.3. The number of aromatic nitrogens is 2. The lowest BCUT2D eigenvalue weighted by atomic mass is 9.49. The molecule has 6 nitrogen and oxygen atoms in total. The summed E-state index contributed by atoms with van der Waals surface area (Å²) in [6.07, 6.45) is 14.0. The molecule has 5 aliphatic rings. The summed E-state index contributed by atoms with van der Waals surface area (Å²) in [5.74, 6) is 1.02. The lowest BCUT2D eigenvalue weighted by molar-refractivity contribution is -0.119. The predicted octanol–water partition coefficient (Wildman–Crippen LogP) is 2.87. The fourth-order valence-corrected chi connectivity index (χ4v) is 5.78. The third-order valence-electron chi connectivity index (χ3n) is 7.84. The number of fused-ring (bicyclic) bond motifs is 1. The van der Waals surface area contributed by atoms with Crippen molar-refractivity contribution in [2.45, 2.75) is 44.7 Å². The molecule has 4 fully saturated rings. The molecule has 0 radical (unpaired) electrons. The normalized spacial score (nSPS) is 27.8. The first-order chi connectivity index (χ1) is 15.1. The van der Waals surface area contributed by atoms with E-state index in [2.05, 4.69) is 49.1 Å². The number of nitrogens with zero attached hydrogens (tertiary/aromatic N) is 4. The standard InChI is InChI=1S/C25H31N5O/c1-2-20-11-22-23(27-24(20)31)10-18(15-26-22)16-28-6-8-29(9-7-28)21-4-3-5-30(17-21)25-12-19(13-25)14-25/h3-4,10-11,15,17,19H,2,5-9,12-14,16H2,1H3,(H,27,31). The number of nitrogens with one attached hydrogen (secondary N) is 1. The second kappa shape index (κ2) is 7.23. The Morgan fingerprint density at radius 3 is 2.68 bits per heavy atom. The summed E-state index contributed by atoms with van der Waals surface area (Å²) in [7, 11) is 0. The molecule has 0 aromatic carbocycles. The van der Waals surface area contributed by atoms with Crippen molar-refractivity contribution in [3.63, 3.8) is 0 Å². The minimum Gasteiger partial charge on any atom is -0.368 e. The van der Waals surface area contributed by atoms with Gasteiger partial charge in [0.05, 0.1) is 16.7 Å². The van der Waals surface area contributed by atoms with Crippen molar-refractivity contribution in [2.24, 2.45) is 5.92 Å². The van der Waals surface area contributed by atoms with Crippen LogP contribution in [0.15, 0.2) is 47.2 Å². The van der Waals surface area contributed by atoms with Crippen LogP contribution in [0.4, 0.5) is 0 Å². The first kappa shape index (κ1) is 19.1. The van der Waals surface area contributed by atoms with Gasteiger partial charge in [0, 0.05) is 62.8 Å². The molecule has 1 saturated heterocycles. The summed E-state index contributed by atoms with van der Waals surface area (Å²) < 4.78 is 0. The van der Waals surface area contributed by atoms with E-state index in [4.69, 9.17) is 0 Å². The second-order valence-electron chi connectivity index (χ2n) is 9.83. The SMILES string of the molecule is CCc1cc2ncc(CN3CCN(C4=CN(C56CC(C5)C6)CC=C4)CC3)cc2[nH]c1=O. The Balaban J connectivity index is 1.10. The summed E-state index contributed by atoms with van der Waals surface area (Å²) in [4.78, 5) is 27.4. The molecule has 2 aromatic rings. The van der Waals surface area contributed by atoms with E-state index in [1.165, 1.54) is 25.0 Å². The smallest absolute Gasteiger partial charge is 0.251 e. The lowest BCUT2D eigenvalue weighted by Crippen LogP contribution is -2.67. The summed E-state index contributed by atoms with van der Waals surface area (Å²) in [5.41, 5.74) is 5.55. The van der Waals surface area contributed by atoms with Crippen molar-refractivity contribution in [2.75, 3.05) is 32.7 Å². The van der Waals surface area contributed by atoms with Crippen LogP contribution in [0.3, 0.4) is 0 Å². The maximum atomic E-state index is 12.1. The summed E-state index contributed by atoms with van der Waals surface area (Å²) in [6.45, 7) is 8.14. The molecule has 31 heavy (non-hydrogen) atoms. The summed E-state index contributed by atoms with van der Waals surface area (Å²) in [5, 5.41) is 0. The van der Waals surface area contributed by atoms with Crippen LogP contribution in [0.2, 0.25) is 0 Å². The van der Waals surface area contributed by atoms with Crippen LogP contribution in [0.5, 0.6) is 0 Å². The van der Waals surface area contributed by atoms with Crippen molar-refractivity contribution in [3.8, 4) is 0 Å². The number of allylic oxidation sites excluding steroid dienone is 1. The Bertz CT molecular complexity index is 1110. The van der Waals surface area contributed by atoms with Gasteiger partial charge in [-0.15, -0.1) is 0 Å². The molecule has 0 unspecified atom stereocenters. The van der Waals surface area contributed by atoms with E-state index in [0.717, 1.165) is 73.8 Å². The van der Waals surface area contributed by atoms with Crippen LogP contribution in [-0.4, -0.2) is 62.9 Å². The number of hydrogen-bond donors (Lipinski definition) is 1. The zero-order chi connectivity index (χ0) is 21.0. The number of aryl methyl sites for hydroxylation is 1. The molecular formula is C25H31N5O. The number of hydrogen-bond acceptors (Lipinski definition) is 5. The van der Waals surface area contributed by atoms with Crippen molar-refractivity contribution < 1.29 is 0 Å². The van der Waals surface area contributed by atoms with Crippen molar-refractivity contribution in [1.29, 1.82) is 0 Å². The monoisotopic (exact) mass is 417 g/mol. The van der Waals surface area contributed by atoms with Gasteiger partial charge >= 0.3 is 0 Å². The minimum absolute atomic E-state index is 0.00397. The van der Waals surface area contributed by atoms with Gasteiger partial charge in [0.15, 0.2) is 0 Å². The Morgan fingerprint density at radius 1 is 1.16 bits per heavy atom. The van der Waals surface area contributed by atoms with Gasteiger partial charge in [-0.3, -0.25) is 14.7 Å². The maximum absolute atomic E-state index is 12.1. The maximum Gasteiger partial charge on any atom is 0.251 e. The topological polar surface area (TPSA) is 55.5 Å². The highest BCUT2D eigenvalue weighted by Crippen LogP contribution is 2.60. The Morgan fingerprint density at radius 2 is 1.97 bits per heavy atom. The molecular weight excluding hydrogens is 386 g/mol. The first-order valence-corrected chi connectivity index (χ1v) is 11.8. The van der Waals surface area contributed by atoms with Crippen LogP contribution in [0.25, 0.3) is 11.0 Å². The van der Waals surface area contributed by atoms with Crippen LogP contribution >= 0.6 is 0 Å². The molecule has 3 aliphatic carbocycles. The van der Waals surface area contributed by atoms with E-state index < -0.39 is 0 Å². The van der Waals surface area contributed by atoms with Gasteiger partial charge in [0.25, 0.3) is 5.56 Å². The second-order valence-corrected chi connectivity index (χ2v) is 9.83. The third-order valence-corrected chi connectivity index (χ3v) is 7.84. The van der Waals surface area contributed by atoms with Crippen molar-refractivity contribution in [1.82, 2.24) is 24.7 Å². The van der Waals surface area contributed by atoms with E-state index in [0.29, 0.717) is 5.54 Å². The van der Waals surface area contributed by atoms with Gasteiger partial charge in [0.1, 0.15) is 0 Å². The molecule has 3 saturated carbocycles. The van der Waals surface area contributed by atoms with Crippen LogP contribution in [0, 0.1) is 5.92 Å². The van der Waals surface area contributed by atoms with Crippen LogP contribution in [0.1, 0.15) is 37.3 Å². The molecule has 2 aromatic heterocycles. The first-order valence-electron chi connectivity index (χ1n) is 11.8. The highest BCUT2D eigenvalue weighted by atomic mass is 16.1. The van der Waals surface area contributed by atoms with Crippen molar-refractivity contribution >= 4 is 11.0 Å². The summed E-state index contributed by atoms with van der Waals surface area (Å²) in [6, 6.07) is 4.00. The van der Waals surface area contributed by atoms with Crippen molar-refractivity contribution in [3.05, 3.63) is 63.9 Å². The highest BCUT2D eigenvalue weighted by molar-refractivity contribution is 5.74. The molecule has 2 bridgehead atoms. The van der Waals surface area contributed by atoms with Gasteiger partial charge in [-0.1, -0.05) is 13.0 Å². The third kappa shape index (κ3) is 3.28. The average molecular weight is 418 g/mol. The Kier molecular flexibility index (Phi) is 4.46. The molecule has 0 amide bonds. The highest BCUT2D eigenvalue weighted by Gasteiger charge is 2.59. The number of aromatic amines is 1. The van der Waals surface area contributed by atoms with Gasteiger partial charge in [-0.25, -0.2) is 0 Å². The molecule has 6 heteroatoms. The lowest BCUT2D eigenvalue weighted by Gasteiger charge is -2.66. The average Bonchev–Trinajstić information content (AvgIpc) is 2.72. The summed E-state index contributed by atoms with van der Waals surface area (Å²) >= 11 is 0. The Labute approximate surface area is 183 Å². The largest absolute Gasteiger partial charge is 0.368 e. The molecule has 7 rings (SSSR count). The van der Waals surface area contributed by atoms with Crippen LogP contribution < -0.4 is 5.56 Å². The van der Waals surface area contributed by atoms with E-state index in [-0.39, 0.29) is 5.56 Å². The quantitative estimate of drug-likeness (QED) is 0.811. The molecule has 2 aliphatic heterocycles. The van der Waals surface area contributed by atoms with Crippen LogP contribution in [-0.2, 0) is 13.0 Å². The number of piperazine rings is 1. The number of H-pyrrole nitrogens is 1. The van der Waals surface area contributed by atoms with E-state index >= 15 is 0 Å². The molecule has 4 heterocycles. The van der Waals surface area contributed by atoms with Gasteiger partial charge in [0.2, 0.25) is 0 Å². The van der Waals surface area contributed by atoms with E-state index in [1.807, 2.05) is 19.2 Å². The molecule has 0 atom stereocenters. The Hall–Kier alpha value is -2.60. The van der Waals surface area contributed by atoms with Gasteiger partial charge in [-0.05, 0) is 55.4 Å². The van der Waals surface area contributed by atoms with Gasteiger partial charge < -0.3 is 14.8 Å². The molecule has 162 valence electrons. The fraction of sp³-hybridized carbons (Fsp3) is 0.520. The minimum atomic E-state index is 0.00397. The zero-order valence-electron chi connectivity index (χ0n) is 18.3. The van der Waals surface area contributed by atoms with E-state index in [9.17, 15) is 4.79 Å². The number of pyridine rings is 2.